The highest BCUT2D eigenvalue weighted by Crippen LogP contribution is 2.02. The average molecular weight is 297 g/mol. The number of carbonyl (C=O) groups is 2. The molecule has 8 nitrogen and oxygen atoms in total. The number of nitrogens with one attached hydrogen (secondary N) is 1. The van der Waals surface area contributed by atoms with E-state index in [2.05, 4.69) is 4.74 Å². The lowest BCUT2D eigenvalue weighted by Crippen LogP contribution is -2.42. The molecule has 112 valence electrons. The summed E-state index contributed by atoms with van der Waals surface area (Å²) in [5.41, 5.74) is 0. The molecule has 0 aromatic rings. The fourth-order valence-electron chi connectivity index (χ4n) is 1.27. The van der Waals surface area contributed by atoms with E-state index in [1.165, 1.54) is 14.2 Å². The van der Waals surface area contributed by atoms with Gasteiger partial charge in [0.25, 0.3) is 0 Å². The summed E-state index contributed by atoms with van der Waals surface area (Å²) in [4.78, 5) is 21.8. The second kappa shape index (κ2) is 8.83. The Hall–Kier alpha value is -1.19. The van der Waals surface area contributed by atoms with Crippen LogP contribution in [0.25, 0.3) is 0 Å². The minimum absolute atomic E-state index is 0.161. The quantitative estimate of drug-likeness (QED) is 0.406. The van der Waals surface area contributed by atoms with Gasteiger partial charge in [0.05, 0.1) is 12.9 Å². The number of carbonyl (C=O) groups excluding carboxylic acids is 1. The molecular weight excluding hydrogens is 278 g/mol. The minimum atomic E-state index is -3.72. The molecule has 0 saturated carbocycles. The monoisotopic (exact) mass is 297 g/mol. The molecule has 0 amide bonds. The topological polar surface area (TPSA) is 119 Å². The number of esters is 1. The lowest BCUT2D eigenvalue weighted by molar-refractivity contribution is -0.142. The highest BCUT2D eigenvalue weighted by atomic mass is 32.2. The van der Waals surface area contributed by atoms with Crippen LogP contribution in [0.4, 0.5) is 0 Å². The molecule has 2 N–H and O–H groups in total. The van der Waals surface area contributed by atoms with Crippen molar-refractivity contribution in [3.05, 3.63) is 0 Å². The second-order valence-corrected chi connectivity index (χ2v) is 5.66. The van der Waals surface area contributed by atoms with E-state index in [9.17, 15) is 18.0 Å². The average Bonchev–Trinajstić information content (AvgIpc) is 2.33. The maximum absolute atomic E-state index is 11.6. The van der Waals surface area contributed by atoms with Gasteiger partial charge in [0.15, 0.2) is 0 Å². The maximum atomic E-state index is 11.6. The summed E-state index contributed by atoms with van der Waals surface area (Å²) in [5, 5.41) is 8.89. The van der Waals surface area contributed by atoms with E-state index in [4.69, 9.17) is 9.84 Å². The second-order valence-electron chi connectivity index (χ2n) is 3.79. The van der Waals surface area contributed by atoms with Gasteiger partial charge in [-0.1, -0.05) is 0 Å². The van der Waals surface area contributed by atoms with Gasteiger partial charge in [-0.15, -0.1) is 0 Å². The molecule has 0 unspecified atom stereocenters. The van der Waals surface area contributed by atoms with Gasteiger partial charge < -0.3 is 14.6 Å². The molecule has 9 heteroatoms. The molecule has 0 heterocycles. The van der Waals surface area contributed by atoms with Crippen LogP contribution in [0, 0.1) is 0 Å². The van der Waals surface area contributed by atoms with Crippen molar-refractivity contribution in [2.75, 3.05) is 26.6 Å². The molecule has 0 spiro atoms. The third-order valence-electron chi connectivity index (χ3n) is 2.25. The van der Waals surface area contributed by atoms with Crippen LogP contribution in [0.1, 0.15) is 19.3 Å². The largest absolute Gasteiger partial charge is 0.480 e. The van der Waals surface area contributed by atoms with Crippen LogP contribution in [0.15, 0.2) is 0 Å². The van der Waals surface area contributed by atoms with E-state index in [-0.39, 0.29) is 31.6 Å². The van der Waals surface area contributed by atoms with Gasteiger partial charge in [-0.2, -0.15) is 0 Å². The van der Waals surface area contributed by atoms with Gasteiger partial charge in [-0.05, 0) is 12.8 Å². The van der Waals surface area contributed by atoms with Crippen molar-refractivity contribution in [3.8, 4) is 0 Å². The Morgan fingerprint density at radius 2 is 1.95 bits per heavy atom. The normalized spacial score (nSPS) is 12.9. The van der Waals surface area contributed by atoms with E-state index in [0.29, 0.717) is 0 Å². The van der Waals surface area contributed by atoms with E-state index >= 15 is 0 Å². The molecule has 0 aromatic carbocycles. The Kier molecular flexibility index (Phi) is 8.28. The summed E-state index contributed by atoms with van der Waals surface area (Å²) in [5.74, 6) is -2.16. The number of ether oxygens (including phenoxy) is 2. The van der Waals surface area contributed by atoms with Crippen molar-refractivity contribution in [1.29, 1.82) is 0 Å². The summed E-state index contributed by atoms with van der Waals surface area (Å²) in [6.07, 6.45) is -0.0747. The van der Waals surface area contributed by atoms with Crippen molar-refractivity contribution in [1.82, 2.24) is 4.72 Å². The Morgan fingerprint density at radius 1 is 1.32 bits per heavy atom. The first-order chi connectivity index (χ1) is 8.82. The molecule has 0 fully saturated rings. The fourth-order valence-corrected chi connectivity index (χ4v) is 2.53. The zero-order chi connectivity index (χ0) is 14.9. The van der Waals surface area contributed by atoms with Crippen LogP contribution >= 0.6 is 0 Å². The van der Waals surface area contributed by atoms with Crippen molar-refractivity contribution >= 4 is 22.0 Å². The SMILES string of the molecule is COCCCS(=O)(=O)N[C@H](CCC(=O)OC)C(=O)O. The number of aliphatic carboxylic acids is 1. The van der Waals surface area contributed by atoms with Crippen molar-refractivity contribution in [2.24, 2.45) is 0 Å². The highest BCUT2D eigenvalue weighted by Gasteiger charge is 2.24. The van der Waals surface area contributed by atoms with Crippen molar-refractivity contribution in [3.63, 3.8) is 0 Å². The Labute approximate surface area is 112 Å². The molecule has 1 atom stereocenters. The number of rotatable bonds is 10. The fraction of sp³-hybridized carbons (Fsp3) is 0.800. The minimum Gasteiger partial charge on any atom is -0.480 e. The maximum Gasteiger partial charge on any atom is 0.321 e. The summed E-state index contributed by atoms with van der Waals surface area (Å²) < 4.78 is 34.3. The zero-order valence-electron chi connectivity index (χ0n) is 10.9. The highest BCUT2D eigenvalue weighted by molar-refractivity contribution is 7.89. The van der Waals surface area contributed by atoms with E-state index in [1.54, 1.807) is 0 Å². The van der Waals surface area contributed by atoms with E-state index in [1.807, 2.05) is 4.72 Å². The molecule has 0 aliphatic rings. The van der Waals surface area contributed by atoms with Crippen LogP contribution in [0.2, 0.25) is 0 Å². The summed E-state index contributed by atoms with van der Waals surface area (Å²) >= 11 is 0. The first-order valence-corrected chi connectivity index (χ1v) is 7.26. The van der Waals surface area contributed by atoms with Crippen molar-refractivity contribution in [2.45, 2.75) is 25.3 Å². The molecule has 19 heavy (non-hydrogen) atoms. The number of hydrogen-bond acceptors (Lipinski definition) is 6. The van der Waals surface area contributed by atoms with Crippen LogP contribution in [0.5, 0.6) is 0 Å². The van der Waals surface area contributed by atoms with Gasteiger partial charge in [0.2, 0.25) is 10.0 Å². The lowest BCUT2D eigenvalue weighted by Gasteiger charge is -2.14. The third kappa shape index (κ3) is 8.51. The molecule has 0 aromatic heterocycles. The van der Waals surface area contributed by atoms with Crippen LogP contribution < -0.4 is 4.72 Å². The van der Waals surface area contributed by atoms with Gasteiger partial charge in [-0.25, -0.2) is 13.1 Å². The Bertz CT molecular complexity index is 393. The molecule has 0 aliphatic carbocycles. The number of methoxy groups -OCH3 is 2. The Balaban J connectivity index is 4.40. The standard InChI is InChI=1S/C10H19NO7S/c1-17-6-3-7-19(15,16)11-8(10(13)14)4-5-9(12)18-2/h8,11H,3-7H2,1-2H3,(H,13,14)/t8-/m1/s1. The van der Waals surface area contributed by atoms with Gasteiger partial charge >= 0.3 is 11.9 Å². The summed E-state index contributed by atoms with van der Waals surface area (Å²) in [7, 11) is -1.10. The van der Waals surface area contributed by atoms with E-state index < -0.39 is 28.0 Å². The Morgan fingerprint density at radius 3 is 2.42 bits per heavy atom. The molecule has 0 radical (unpaired) electrons. The van der Waals surface area contributed by atoms with Crippen LogP contribution in [-0.2, 0) is 29.1 Å². The van der Waals surface area contributed by atoms with Crippen LogP contribution in [0.3, 0.4) is 0 Å². The molecular formula is C10H19NO7S. The third-order valence-corrected chi connectivity index (χ3v) is 3.72. The van der Waals surface area contributed by atoms with E-state index in [0.717, 1.165) is 0 Å². The number of hydrogen-bond donors (Lipinski definition) is 2. The molecule has 0 bridgehead atoms. The summed E-state index contributed by atoms with van der Waals surface area (Å²) in [6, 6.07) is -1.34. The first kappa shape index (κ1) is 17.8. The lowest BCUT2D eigenvalue weighted by atomic mass is 10.2. The first-order valence-electron chi connectivity index (χ1n) is 5.61. The summed E-state index contributed by atoms with van der Waals surface area (Å²) in [6.45, 7) is 0.265. The van der Waals surface area contributed by atoms with Gasteiger partial charge in [0, 0.05) is 20.1 Å². The number of carboxylic acids is 1. The number of sulfonamides is 1. The molecule has 0 rings (SSSR count). The smallest absolute Gasteiger partial charge is 0.321 e. The predicted molar refractivity (Wildman–Crippen MR) is 66.1 cm³/mol. The van der Waals surface area contributed by atoms with Crippen molar-refractivity contribution < 1.29 is 32.6 Å². The van der Waals surface area contributed by atoms with Gasteiger partial charge in [-0.3, -0.25) is 9.59 Å². The van der Waals surface area contributed by atoms with Crippen LogP contribution in [-0.4, -0.2) is 58.1 Å². The zero-order valence-corrected chi connectivity index (χ0v) is 11.7. The molecule has 0 saturated heterocycles. The predicted octanol–water partition coefficient (Wildman–Crippen LogP) is -0.651. The number of carboxylic acid groups (broad SMARTS) is 1. The molecule has 0 aliphatic heterocycles. The van der Waals surface area contributed by atoms with Gasteiger partial charge in [0.1, 0.15) is 6.04 Å².